The van der Waals surface area contributed by atoms with Crippen molar-refractivity contribution in [1.29, 1.82) is 15.8 Å². The van der Waals surface area contributed by atoms with E-state index in [1.54, 1.807) is 12.1 Å². The smallest absolute Gasteiger partial charge is 0.226 e. The third-order valence-corrected chi connectivity index (χ3v) is 5.47. The molecule has 3 aromatic rings. The first-order chi connectivity index (χ1) is 18.1. The molecule has 0 radical (unpaired) electrons. The third kappa shape index (κ3) is 3.59. The van der Waals surface area contributed by atoms with Crippen LogP contribution in [-0.2, 0) is 5.92 Å². The van der Waals surface area contributed by atoms with Gasteiger partial charge < -0.3 is 0 Å². The fourth-order valence-corrected chi connectivity index (χ4v) is 3.62. The van der Waals surface area contributed by atoms with E-state index in [4.69, 9.17) is 17.1 Å². The molecular formula is C22H3F9N8. The largest absolute Gasteiger partial charge is 0.460 e. The van der Waals surface area contributed by atoms with Gasteiger partial charge in [-0.2, -0.15) is 50.0 Å². The summed E-state index contributed by atoms with van der Waals surface area (Å²) in [6.45, 7) is 7.21. The number of nitriles is 3. The van der Waals surface area contributed by atoms with Crippen molar-refractivity contribution in [3.05, 3.63) is 63.5 Å². The Morgan fingerprint density at radius 3 is 1.74 bits per heavy atom. The average Bonchev–Trinajstić information content (AvgIpc) is 3.18. The third-order valence-electron chi connectivity index (χ3n) is 5.47. The molecule has 1 aromatic carbocycles. The van der Waals surface area contributed by atoms with Crippen LogP contribution in [0.5, 0.6) is 0 Å². The fraction of sp³-hybridized carbons (Fsp3) is 0.182. The average molecular weight is 550 g/mol. The Balaban J connectivity index is 2.02. The molecule has 2 heterocycles. The van der Waals surface area contributed by atoms with Crippen LogP contribution in [0.1, 0.15) is 28.2 Å². The minimum atomic E-state index is -7.15. The number of nitrogens with zero attached hydrogens (tertiary/aromatic N) is 8. The number of allylic oxidation sites excluding steroid dienone is 1. The Kier molecular flexibility index (Phi) is 5.74. The van der Waals surface area contributed by atoms with Gasteiger partial charge >= 0.3 is 23.9 Å². The lowest BCUT2D eigenvalue weighted by Gasteiger charge is -2.34. The predicted octanol–water partition coefficient (Wildman–Crippen LogP) is 5.27. The molecule has 194 valence electrons. The van der Waals surface area contributed by atoms with Crippen molar-refractivity contribution in [2.75, 3.05) is 0 Å². The summed E-state index contributed by atoms with van der Waals surface area (Å²) in [5.74, 6) is -20.2. The molecular weight excluding hydrogens is 547 g/mol. The van der Waals surface area contributed by atoms with Crippen LogP contribution >= 0.6 is 0 Å². The summed E-state index contributed by atoms with van der Waals surface area (Å²) in [7, 11) is 0. The van der Waals surface area contributed by atoms with Gasteiger partial charge in [-0.15, -0.1) is 0 Å². The van der Waals surface area contributed by atoms with E-state index >= 15 is 0 Å². The van der Waals surface area contributed by atoms with Gasteiger partial charge in [0.2, 0.25) is 0 Å². The molecule has 0 bridgehead atoms. The van der Waals surface area contributed by atoms with Gasteiger partial charge in [0.1, 0.15) is 12.1 Å². The van der Waals surface area contributed by atoms with Gasteiger partial charge in [-0.3, -0.25) is 0 Å². The summed E-state index contributed by atoms with van der Waals surface area (Å²) in [6.07, 6.45) is -7.03. The van der Waals surface area contributed by atoms with Gasteiger partial charge in [-0.05, 0) is 11.6 Å². The molecule has 1 aliphatic rings. The van der Waals surface area contributed by atoms with Crippen molar-refractivity contribution >= 4 is 16.9 Å². The van der Waals surface area contributed by atoms with Crippen LogP contribution in [0.25, 0.3) is 33.0 Å². The first-order valence-corrected chi connectivity index (χ1v) is 9.85. The van der Waals surface area contributed by atoms with Crippen molar-refractivity contribution in [2.45, 2.75) is 23.9 Å². The van der Waals surface area contributed by atoms with E-state index < -0.39 is 69.1 Å². The topological polar surface area (TPSA) is 127 Å². The number of fused-ring (bicyclic) bond motifs is 4. The van der Waals surface area contributed by atoms with E-state index in [0.29, 0.717) is 6.07 Å². The molecule has 0 unspecified atom stereocenters. The Hall–Kier alpha value is -5.29. The molecule has 4 rings (SSSR count). The van der Waals surface area contributed by atoms with Gasteiger partial charge in [0.15, 0.2) is 22.7 Å². The van der Waals surface area contributed by atoms with E-state index in [1.165, 1.54) is 6.07 Å². The monoisotopic (exact) mass is 550 g/mol. The van der Waals surface area contributed by atoms with E-state index in [1.807, 2.05) is 0 Å². The molecule has 39 heavy (non-hydrogen) atoms. The lowest BCUT2D eigenvalue weighted by atomic mass is 9.93. The molecule has 0 aliphatic heterocycles. The van der Waals surface area contributed by atoms with Crippen LogP contribution in [0, 0.1) is 40.6 Å². The molecule has 2 aromatic heterocycles. The summed E-state index contributed by atoms with van der Waals surface area (Å²) >= 11 is 0. The van der Waals surface area contributed by atoms with Crippen molar-refractivity contribution in [2.24, 2.45) is 0 Å². The number of hydrogen-bond acceptors (Lipinski definition) is 7. The van der Waals surface area contributed by atoms with Crippen LogP contribution in [0.2, 0.25) is 0 Å². The van der Waals surface area contributed by atoms with Crippen LogP contribution in [0.4, 0.5) is 39.5 Å². The molecule has 1 aliphatic carbocycles. The van der Waals surface area contributed by atoms with Crippen molar-refractivity contribution in [3.63, 3.8) is 0 Å². The summed E-state index contributed by atoms with van der Waals surface area (Å²) in [4.78, 5) is 18.5. The first kappa shape index (κ1) is 26.8. The van der Waals surface area contributed by atoms with E-state index in [9.17, 15) is 44.8 Å². The molecule has 0 fully saturated rings. The molecule has 0 saturated heterocycles. The molecule has 0 N–H and O–H groups in total. The molecule has 17 heteroatoms. The fourth-order valence-electron chi connectivity index (χ4n) is 3.62. The highest BCUT2D eigenvalue weighted by Gasteiger charge is 2.82. The molecule has 0 atom stereocenters. The lowest BCUT2D eigenvalue weighted by Crippen LogP contribution is -2.59. The lowest BCUT2D eigenvalue weighted by molar-refractivity contribution is -0.399. The molecule has 0 amide bonds. The van der Waals surface area contributed by atoms with Gasteiger partial charge in [0, 0.05) is 16.7 Å². The minimum Gasteiger partial charge on any atom is -0.226 e. The highest BCUT2D eigenvalue weighted by Crippen LogP contribution is 2.57. The normalized spacial score (nSPS) is 14.5. The number of halogens is 9. The highest BCUT2D eigenvalue weighted by atomic mass is 19.4. The van der Waals surface area contributed by atoms with Gasteiger partial charge in [-0.1, -0.05) is 12.1 Å². The van der Waals surface area contributed by atoms with Crippen LogP contribution in [-0.4, -0.2) is 38.0 Å². The Bertz CT molecular complexity index is 1770. The predicted molar refractivity (Wildman–Crippen MR) is 108 cm³/mol. The summed E-state index contributed by atoms with van der Waals surface area (Å²) < 4.78 is 122. The Labute approximate surface area is 209 Å². The van der Waals surface area contributed by atoms with Crippen LogP contribution in [0.15, 0.2) is 23.9 Å². The van der Waals surface area contributed by atoms with Crippen molar-refractivity contribution < 1.29 is 39.5 Å². The summed E-state index contributed by atoms with van der Waals surface area (Å²) in [5.41, 5.74) is -6.84. The van der Waals surface area contributed by atoms with Crippen molar-refractivity contribution in [1.82, 2.24) is 19.9 Å². The second kappa shape index (κ2) is 8.36. The number of aromatic nitrogens is 4. The summed E-state index contributed by atoms with van der Waals surface area (Å²) in [5, 5.41) is 27.7. The second-order valence-electron chi connectivity index (χ2n) is 7.64. The zero-order valence-corrected chi connectivity index (χ0v) is 18.2. The van der Waals surface area contributed by atoms with E-state index in [-0.39, 0.29) is 29.0 Å². The highest BCUT2D eigenvalue weighted by molar-refractivity contribution is 6.02. The maximum absolute atomic E-state index is 14.7. The zero-order valence-electron chi connectivity index (χ0n) is 18.2. The first-order valence-electron chi connectivity index (χ1n) is 9.85. The quantitative estimate of drug-likeness (QED) is 0.193. The molecule has 8 nitrogen and oxygen atoms in total. The maximum atomic E-state index is 14.7. The van der Waals surface area contributed by atoms with Crippen molar-refractivity contribution in [3.8, 4) is 29.5 Å². The number of rotatable bonds is 3. The number of hydrogen-bond donors (Lipinski definition) is 0. The second-order valence-corrected chi connectivity index (χ2v) is 7.64. The Morgan fingerprint density at radius 1 is 0.744 bits per heavy atom. The van der Waals surface area contributed by atoms with Crippen LogP contribution < -0.4 is 0 Å². The number of benzene rings is 1. The Morgan fingerprint density at radius 2 is 1.28 bits per heavy atom. The number of alkyl halides is 9. The van der Waals surface area contributed by atoms with Gasteiger partial charge in [0.05, 0.1) is 24.0 Å². The van der Waals surface area contributed by atoms with E-state index in [2.05, 4.69) is 24.8 Å². The molecule has 0 saturated carbocycles. The summed E-state index contributed by atoms with van der Waals surface area (Å²) in [6, 6.07) is 5.45. The van der Waals surface area contributed by atoms with Gasteiger partial charge in [0.25, 0.3) is 5.70 Å². The van der Waals surface area contributed by atoms with Gasteiger partial charge in [-0.25, -0.2) is 30.0 Å². The maximum Gasteiger partial charge on any atom is 0.460 e. The standard InChI is InChI=1S/C22H3F9N8/c1-35-13(7-34)14-10-4-8(19(23,24)20(25,26)21(27,28)22(29,30)31)2-3-9(10)15-16(14)39-18-17(38-15)36-11(5-32)12(6-33)37-18/h2-4H/b14-13+. The minimum absolute atomic E-state index is 0.115. The van der Waals surface area contributed by atoms with Crippen LogP contribution in [0.3, 0.4) is 0 Å². The van der Waals surface area contributed by atoms with E-state index in [0.717, 1.165) is 0 Å². The SMILES string of the molecule is [C-]#[N+]/C(C#N)=C1\c2cc(C(F)(F)C(F)(F)C(F)(F)C(F)(F)F)ccc2-c2nc3nc(C#N)c(C#N)nc3nc21. The molecule has 0 spiro atoms. The zero-order chi connectivity index (χ0) is 29.1.